The van der Waals surface area contributed by atoms with Crippen molar-refractivity contribution in [1.82, 2.24) is 9.55 Å². The molecule has 7 nitrogen and oxygen atoms in total. The molecule has 0 aliphatic carbocycles. The summed E-state index contributed by atoms with van der Waals surface area (Å²) in [5.41, 5.74) is 1.50. The van der Waals surface area contributed by atoms with E-state index in [0.717, 1.165) is 5.39 Å². The molecule has 28 heavy (non-hydrogen) atoms. The lowest BCUT2D eigenvalue weighted by Gasteiger charge is -2.13. The van der Waals surface area contributed by atoms with Crippen molar-refractivity contribution in [3.8, 4) is 5.75 Å². The Labute approximate surface area is 159 Å². The van der Waals surface area contributed by atoms with Crippen LogP contribution in [0.2, 0.25) is 0 Å². The molecule has 0 fully saturated rings. The summed E-state index contributed by atoms with van der Waals surface area (Å²) in [7, 11) is 0. The molecule has 2 aromatic carbocycles. The van der Waals surface area contributed by atoms with Crippen molar-refractivity contribution in [3.05, 3.63) is 70.8 Å². The third-order valence-corrected chi connectivity index (χ3v) is 4.46. The Morgan fingerprint density at radius 1 is 1.21 bits per heavy atom. The highest BCUT2D eigenvalue weighted by molar-refractivity contribution is 6.01. The fourth-order valence-corrected chi connectivity index (χ4v) is 3.00. The topological polar surface area (TPSA) is 94.6 Å². The number of rotatable bonds is 6. The van der Waals surface area contributed by atoms with Crippen LogP contribution < -0.4 is 10.3 Å². The molecule has 1 N–H and O–H groups in total. The average molecular weight is 378 g/mol. The molecule has 2 heterocycles. The molecular formula is C21H18N2O5. The minimum absolute atomic E-state index is 0.00990. The number of aliphatic hydroxyl groups excluding tert-OH is 1. The second-order valence-electron chi connectivity index (χ2n) is 6.52. The molecule has 1 unspecified atom stereocenters. The molecule has 7 heteroatoms. The number of benzene rings is 2. The van der Waals surface area contributed by atoms with Gasteiger partial charge in [0.05, 0.1) is 12.9 Å². The number of hydrogen-bond acceptors (Lipinski definition) is 6. The van der Waals surface area contributed by atoms with Crippen LogP contribution in [0.5, 0.6) is 5.75 Å². The molecule has 0 saturated heterocycles. The lowest BCUT2D eigenvalue weighted by atomic mass is 10.1. The summed E-state index contributed by atoms with van der Waals surface area (Å²) in [4.78, 5) is 28.2. The van der Waals surface area contributed by atoms with Gasteiger partial charge in [0.1, 0.15) is 29.6 Å². The molecule has 0 radical (unpaired) electrons. The Balaban J connectivity index is 1.48. The van der Waals surface area contributed by atoms with Gasteiger partial charge in [-0.1, -0.05) is 12.1 Å². The smallest absolute Gasteiger partial charge is 0.297 e. The molecule has 1 atom stereocenters. The van der Waals surface area contributed by atoms with Crippen LogP contribution in [-0.4, -0.2) is 33.2 Å². The van der Waals surface area contributed by atoms with E-state index >= 15 is 0 Å². The Hall–Kier alpha value is -3.45. The summed E-state index contributed by atoms with van der Waals surface area (Å²) in [6, 6.07) is 14.0. The van der Waals surface area contributed by atoms with Crippen LogP contribution in [-0.2, 0) is 6.54 Å². The third kappa shape index (κ3) is 3.39. The molecule has 0 saturated carbocycles. The zero-order valence-corrected chi connectivity index (χ0v) is 15.2. The van der Waals surface area contributed by atoms with Crippen molar-refractivity contribution in [3.63, 3.8) is 0 Å². The van der Waals surface area contributed by atoms with E-state index in [9.17, 15) is 14.7 Å². The average Bonchev–Trinajstić information content (AvgIpc) is 3.08. The predicted molar refractivity (Wildman–Crippen MR) is 104 cm³/mol. The molecule has 142 valence electrons. The van der Waals surface area contributed by atoms with Crippen LogP contribution in [0.15, 0.2) is 64.1 Å². The van der Waals surface area contributed by atoms with E-state index in [2.05, 4.69) is 4.98 Å². The summed E-state index contributed by atoms with van der Waals surface area (Å²) in [5, 5.41) is 11.0. The van der Waals surface area contributed by atoms with Crippen LogP contribution in [0.25, 0.3) is 22.1 Å². The molecule has 0 bridgehead atoms. The van der Waals surface area contributed by atoms with Crippen LogP contribution in [0.4, 0.5) is 0 Å². The fraction of sp³-hybridized carbons (Fsp3) is 0.190. The van der Waals surface area contributed by atoms with Gasteiger partial charge in [-0.2, -0.15) is 0 Å². The zero-order valence-electron chi connectivity index (χ0n) is 15.2. The number of aromatic nitrogens is 2. The lowest BCUT2D eigenvalue weighted by molar-refractivity contribution is 0.0913. The fourth-order valence-electron chi connectivity index (χ4n) is 3.00. The normalized spacial score (nSPS) is 12.4. The molecule has 4 rings (SSSR count). The number of fused-ring (bicyclic) bond motifs is 3. The van der Waals surface area contributed by atoms with Gasteiger partial charge in [0.25, 0.3) is 5.56 Å². The van der Waals surface area contributed by atoms with Crippen molar-refractivity contribution in [2.75, 3.05) is 6.61 Å². The van der Waals surface area contributed by atoms with Gasteiger partial charge in [-0.15, -0.1) is 0 Å². The summed E-state index contributed by atoms with van der Waals surface area (Å²) in [6.07, 6.45) is 0.478. The Bertz CT molecular complexity index is 1210. The number of ketones is 1. The van der Waals surface area contributed by atoms with Crippen LogP contribution in [0, 0.1) is 0 Å². The first kappa shape index (κ1) is 17.9. The van der Waals surface area contributed by atoms with E-state index in [-0.39, 0.29) is 30.1 Å². The molecule has 0 aliphatic rings. The van der Waals surface area contributed by atoms with Crippen LogP contribution in [0.1, 0.15) is 17.3 Å². The van der Waals surface area contributed by atoms with Gasteiger partial charge in [-0.25, -0.2) is 4.98 Å². The Morgan fingerprint density at radius 2 is 1.96 bits per heavy atom. The van der Waals surface area contributed by atoms with Gasteiger partial charge < -0.3 is 14.3 Å². The van der Waals surface area contributed by atoms with Gasteiger partial charge in [0.2, 0.25) is 5.58 Å². The minimum Gasteiger partial charge on any atom is -0.491 e. The van der Waals surface area contributed by atoms with E-state index in [1.807, 2.05) is 18.2 Å². The maximum absolute atomic E-state index is 12.7. The van der Waals surface area contributed by atoms with Crippen molar-refractivity contribution in [2.45, 2.75) is 19.6 Å². The maximum atomic E-state index is 12.7. The van der Waals surface area contributed by atoms with E-state index in [1.165, 1.54) is 17.8 Å². The Morgan fingerprint density at radius 3 is 2.71 bits per heavy atom. The van der Waals surface area contributed by atoms with Crippen molar-refractivity contribution in [2.24, 2.45) is 0 Å². The summed E-state index contributed by atoms with van der Waals surface area (Å²) in [5.74, 6) is 0.502. The summed E-state index contributed by atoms with van der Waals surface area (Å²) < 4.78 is 12.5. The van der Waals surface area contributed by atoms with E-state index < -0.39 is 6.10 Å². The monoisotopic (exact) mass is 378 g/mol. The minimum atomic E-state index is -0.922. The number of furan rings is 1. The molecule has 0 amide bonds. The summed E-state index contributed by atoms with van der Waals surface area (Å²) in [6.45, 7) is 1.50. The first-order chi connectivity index (χ1) is 13.5. The third-order valence-electron chi connectivity index (χ3n) is 4.46. The number of Topliss-reactive ketones (excluding diaryl/α,β-unsaturated/α-hetero) is 1. The SMILES string of the molecule is CC(=O)c1ccc(OCC(O)Cn2cnc3c(oc4ccccc43)c2=O)cc1. The van der Waals surface area contributed by atoms with Crippen LogP contribution >= 0.6 is 0 Å². The van der Waals surface area contributed by atoms with Gasteiger partial charge >= 0.3 is 0 Å². The Kier molecular flexibility index (Phi) is 4.67. The highest BCUT2D eigenvalue weighted by Gasteiger charge is 2.15. The first-order valence-electron chi connectivity index (χ1n) is 8.81. The summed E-state index contributed by atoms with van der Waals surface area (Å²) >= 11 is 0. The quantitative estimate of drug-likeness (QED) is 0.519. The number of ether oxygens (including phenoxy) is 1. The zero-order chi connectivity index (χ0) is 19.7. The number of nitrogens with zero attached hydrogens (tertiary/aromatic N) is 2. The molecular weight excluding hydrogens is 360 g/mol. The molecule has 0 aliphatic heterocycles. The van der Waals surface area contributed by atoms with Gasteiger partial charge in [0.15, 0.2) is 5.78 Å². The lowest BCUT2D eigenvalue weighted by Crippen LogP contribution is -2.30. The highest BCUT2D eigenvalue weighted by atomic mass is 16.5. The van der Waals surface area contributed by atoms with Crippen molar-refractivity contribution >= 4 is 27.9 Å². The predicted octanol–water partition coefficient (Wildman–Crippen LogP) is 2.79. The number of carbonyl (C=O) groups is 1. The number of para-hydroxylation sites is 1. The van der Waals surface area contributed by atoms with Crippen LogP contribution in [0.3, 0.4) is 0 Å². The van der Waals surface area contributed by atoms with Gasteiger partial charge in [-0.05, 0) is 43.3 Å². The van der Waals surface area contributed by atoms with Crippen molar-refractivity contribution in [1.29, 1.82) is 0 Å². The standard InChI is InChI=1S/C21H18N2O5/c1-13(24)14-6-8-16(9-7-14)27-11-15(25)10-23-12-22-19-17-4-2-3-5-18(17)28-20(19)21(23)26/h2-9,12,15,25H,10-11H2,1H3. The highest BCUT2D eigenvalue weighted by Crippen LogP contribution is 2.24. The maximum Gasteiger partial charge on any atom is 0.297 e. The van der Waals surface area contributed by atoms with E-state index in [4.69, 9.17) is 9.15 Å². The van der Waals surface area contributed by atoms with Crippen molar-refractivity contribution < 1.29 is 19.1 Å². The second-order valence-corrected chi connectivity index (χ2v) is 6.52. The molecule has 0 spiro atoms. The molecule has 2 aromatic heterocycles. The second kappa shape index (κ2) is 7.28. The first-order valence-corrected chi connectivity index (χ1v) is 8.81. The van der Waals surface area contributed by atoms with Gasteiger partial charge in [0, 0.05) is 10.9 Å². The van der Waals surface area contributed by atoms with E-state index in [1.54, 1.807) is 30.3 Å². The molecule has 4 aromatic rings. The van der Waals surface area contributed by atoms with Gasteiger partial charge in [-0.3, -0.25) is 14.2 Å². The number of hydrogen-bond donors (Lipinski definition) is 1. The van der Waals surface area contributed by atoms with E-state index in [0.29, 0.717) is 22.4 Å². The number of carbonyl (C=O) groups excluding carboxylic acids is 1. The number of aliphatic hydroxyl groups is 1. The largest absolute Gasteiger partial charge is 0.491 e.